The van der Waals surface area contributed by atoms with Crippen LogP contribution in [0.2, 0.25) is 0 Å². The fourth-order valence-corrected chi connectivity index (χ4v) is 1.98. The fourth-order valence-electron chi connectivity index (χ4n) is 1.98. The maximum absolute atomic E-state index is 13.5. The maximum Gasteiger partial charge on any atom is 0.194 e. The molecule has 0 aliphatic carbocycles. The van der Waals surface area contributed by atoms with Gasteiger partial charge in [-0.25, -0.2) is 17.6 Å². The highest BCUT2D eigenvalue weighted by atomic mass is 19.2. The zero-order chi connectivity index (χ0) is 13.6. The quantitative estimate of drug-likeness (QED) is 0.496. The smallest absolute Gasteiger partial charge is 0.194 e. The van der Waals surface area contributed by atoms with Crippen molar-refractivity contribution in [1.82, 2.24) is 4.98 Å². The number of benzene rings is 2. The molecule has 0 saturated heterocycles. The molecule has 0 spiro atoms. The largest absolute Gasteiger partial charge is 0.354 e. The molecule has 0 saturated carbocycles. The molecular formula is C14H7F4N. The van der Waals surface area contributed by atoms with Gasteiger partial charge < -0.3 is 4.98 Å². The first-order valence-corrected chi connectivity index (χ1v) is 5.48. The molecule has 0 unspecified atom stereocenters. The topological polar surface area (TPSA) is 15.8 Å². The molecule has 5 heteroatoms. The van der Waals surface area contributed by atoms with Crippen LogP contribution in [0.3, 0.4) is 0 Å². The van der Waals surface area contributed by atoms with Gasteiger partial charge in [-0.05, 0) is 30.3 Å². The number of aromatic nitrogens is 1. The van der Waals surface area contributed by atoms with E-state index in [1.165, 1.54) is 18.2 Å². The molecular weight excluding hydrogens is 258 g/mol. The average Bonchev–Trinajstić information content (AvgIpc) is 2.81. The second-order valence-electron chi connectivity index (χ2n) is 4.14. The highest BCUT2D eigenvalue weighted by Gasteiger charge is 2.13. The van der Waals surface area contributed by atoms with Gasteiger partial charge in [0.2, 0.25) is 0 Å². The molecule has 3 aromatic rings. The van der Waals surface area contributed by atoms with Crippen molar-refractivity contribution in [3.05, 3.63) is 59.7 Å². The van der Waals surface area contributed by atoms with Crippen molar-refractivity contribution in [2.45, 2.75) is 0 Å². The first-order chi connectivity index (χ1) is 9.06. The molecule has 0 amide bonds. The minimum Gasteiger partial charge on any atom is -0.354 e. The van der Waals surface area contributed by atoms with Gasteiger partial charge in [-0.2, -0.15) is 0 Å². The summed E-state index contributed by atoms with van der Waals surface area (Å²) >= 11 is 0. The van der Waals surface area contributed by atoms with E-state index in [0.29, 0.717) is 16.6 Å². The Balaban J connectivity index is 2.22. The summed E-state index contributed by atoms with van der Waals surface area (Å²) < 4.78 is 52.7. The van der Waals surface area contributed by atoms with Gasteiger partial charge in [0.15, 0.2) is 17.5 Å². The number of aromatic amines is 1. The molecule has 96 valence electrons. The number of H-pyrrole nitrogens is 1. The van der Waals surface area contributed by atoms with Gasteiger partial charge in [-0.1, -0.05) is 6.07 Å². The van der Waals surface area contributed by atoms with E-state index in [-0.39, 0.29) is 5.56 Å². The summed E-state index contributed by atoms with van der Waals surface area (Å²) in [5.74, 6) is -4.53. The van der Waals surface area contributed by atoms with Gasteiger partial charge in [0.25, 0.3) is 0 Å². The van der Waals surface area contributed by atoms with E-state index in [1.54, 1.807) is 6.07 Å². The summed E-state index contributed by atoms with van der Waals surface area (Å²) in [5, 5.41) is 0.308. The normalized spacial score (nSPS) is 11.2. The van der Waals surface area contributed by atoms with Crippen molar-refractivity contribution in [1.29, 1.82) is 0 Å². The Labute approximate surface area is 105 Å². The highest BCUT2D eigenvalue weighted by molar-refractivity contribution is 5.86. The summed E-state index contributed by atoms with van der Waals surface area (Å²) in [6, 6.07) is 7.59. The first-order valence-electron chi connectivity index (χ1n) is 5.48. The molecule has 0 aliphatic rings. The molecule has 19 heavy (non-hydrogen) atoms. The standard InChI is InChI=1S/C14H7F4N/c15-9-2-1-3-12-8(9)6-13(19-12)7-4-10(16)14(18)11(17)5-7/h1-6,19H. The third-order valence-electron chi connectivity index (χ3n) is 2.91. The summed E-state index contributed by atoms with van der Waals surface area (Å²) in [7, 11) is 0. The predicted molar refractivity (Wildman–Crippen MR) is 63.6 cm³/mol. The van der Waals surface area contributed by atoms with Crippen LogP contribution in [0.25, 0.3) is 22.2 Å². The second kappa shape index (κ2) is 4.12. The van der Waals surface area contributed by atoms with Crippen LogP contribution in [-0.2, 0) is 0 Å². The Morgan fingerprint density at radius 2 is 1.47 bits per heavy atom. The summed E-state index contributed by atoms with van der Waals surface area (Å²) in [6.07, 6.45) is 0. The van der Waals surface area contributed by atoms with Crippen molar-refractivity contribution in [3.8, 4) is 11.3 Å². The molecule has 0 fully saturated rings. The van der Waals surface area contributed by atoms with Crippen molar-refractivity contribution in [2.75, 3.05) is 0 Å². The van der Waals surface area contributed by atoms with Gasteiger partial charge >= 0.3 is 0 Å². The van der Waals surface area contributed by atoms with Crippen molar-refractivity contribution < 1.29 is 17.6 Å². The van der Waals surface area contributed by atoms with Gasteiger partial charge in [0.05, 0.1) is 0 Å². The lowest BCUT2D eigenvalue weighted by Crippen LogP contribution is -1.91. The van der Waals surface area contributed by atoms with Crippen molar-refractivity contribution >= 4 is 10.9 Å². The van der Waals surface area contributed by atoms with Crippen LogP contribution >= 0.6 is 0 Å². The Morgan fingerprint density at radius 3 is 2.11 bits per heavy atom. The second-order valence-corrected chi connectivity index (χ2v) is 4.14. The number of fused-ring (bicyclic) bond motifs is 1. The van der Waals surface area contributed by atoms with Crippen LogP contribution in [0.1, 0.15) is 0 Å². The maximum atomic E-state index is 13.5. The zero-order valence-electron chi connectivity index (χ0n) is 9.48. The fraction of sp³-hybridized carbons (Fsp3) is 0. The Morgan fingerprint density at radius 1 is 0.789 bits per heavy atom. The van der Waals surface area contributed by atoms with Gasteiger partial charge in [-0.3, -0.25) is 0 Å². The van der Waals surface area contributed by atoms with E-state index in [2.05, 4.69) is 4.98 Å². The van der Waals surface area contributed by atoms with Crippen LogP contribution in [0.15, 0.2) is 36.4 Å². The Hall–Kier alpha value is -2.30. The molecule has 0 radical (unpaired) electrons. The van der Waals surface area contributed by atoms with Gasteiger partial charge in [-0.15, -0.1) is 0 Å². The first kappa shape index (κ1) is 11.8. The molecule has 1 N–H and O–H groups in total. The molecule has 0 aliphatic heterocycles. The van der Waals surface area contributed by atoms with E-state index in [4.69, 9.17) is 0 Å². The lowest BCUT2D eigenvalue weighted by atomic mass is 10.1. The number of nitrogens with one attached hydrogen (secondary N) is 1. The third-order valence-corrected chi connectivity index (χ3v) is 2.91. The monoisotopic (exact) mass is 265 g/mol. The number of rotatable bonds is 1. The lowest BCUT2D eigenvalue weighted by Gasteiger charge is -2.00. The van der Waals surface area contributed by atoms with E-state index >= 15 is 0 Å². The molecule has 0 bridgehead atoms. The van der Waals surface area contributed by atoms with E-state index in [0.717, 1.165) is 12.1 Å². The Kier molecular flexibility index (Phi) is 2.55. The summed E-state index contributed by atoms with van der Waals surface area (Å²) in [4.78, 5) is 2.83. The number of hydrogen-bond acceptors (Lipinski definition) is 0. The van der Waals surface area contributed by atoms with Gasteiger partial charge in [0.1, 0.15) is 5.82 Å². The van der Waals surface area contributed by atoms with E-state index in [1.807, 2.05) is 0 Å². The van der Waals surface area contributed by atoms with Crippen LogP contribution in [0.5, 0.6) is 0 Å². The average molecular weight is 265 g/mol. The molecule has 3 rings (SSSR count). The molecule has 0 atom stereocenters. The van der Waals surface area contributed by atoms with Crippen LogP contribution < -0.4 is 0 Å². The minimum absolute atomic E-state index is 0.118. The zero-order valence-corrected chi connectivity index (χ0v) is 9.48. The predicted octanol–water partition coefficient (Wildman–Crippen LogP) is 4.39. The SMILES string of the molecule is Fc1cc(-c2cc3c(F)cccc3[nH]2)cc(F)c1F. The Bertz CT molecular complexity index is 753. The summed E-state index contributed by atoms with van der Waals surface area (Å²) in [5.41, 5.74) is 0.935. The van der Waals surface area contributed by atoms with E-state index < -0.39 is 23.3 Å². The van der Waals surface area contributed by atoms with Gasteiger partial charge in [0, 0.05) is 22.2 Å². The van der Waals surface area contributed by atoms with Crippen LogP contribution in [0.4, 0.5) is 17.6 Å². The highest BCUT2D eigenvalue weighted by Crippen LogP contribution is 2.27. The van der Waals surface area contributed by atoms with Crippen LogP contribution in [-0.4, -0.2) is 4.98 Å². The molecule has 2 aromatic carbocycles. The molecule has 1 nitrogen and oxygen atoms in total. The van der Waals surface area contributed by atoms with E-state index in [9.17, 15) is 17.6 Å². The number of halogens is 4. The molecule has 1 heterocycles. The van der Waals surface area contributed by atoms with Crippen molar-refractivity contribution in [2.24, 2.45) is 0 Å². The summed E-state index contributed by atoms with van der Waals surface area (Å²) in [6.45, 7) is 0. The minimum atomic E-state index is -1.52. The number of hydrogen-bond donors (Lipinski definition) is 1. The lowest BCUT2D eigenvalue weighted by molar-refractivity contribution is 0.447. The van der Waals surface area contributed by atoms with Crippen molar-refractivity contribution in [3.63, 3.8) is 0 Å². The third kappa shape index (κ3) is 1.87. The van der Waals surface area contributed by atoms with Crippen LogP contribution in [0, 0.1) is 23.3 Å². The molecule has 1 aromatic heterocycles.